The number of carbonyl (C=O) groups excluding carboxylic acids is 2. The Balaban J connectivity index is 1.60. The molecule has 0 unspecified atom stereocenters. The predicted octanol–water partition coefficient (Wildman–Crippen LogP) is 8.70. The smallest absolute Gasteiger partial charge is 0.318 e. The van der Waals surface area contributed by atoms with Crippen LogP contribution in [-0.2, 0) is 9.63 Å². The molecule has 0 amide bonds. The third kappa shape index (κ3) is 5.33. The highest BCUT2D eigenvalue weighted by atomic mass is 16.7. The summed E-state index contributed by atoms with van der Waals surface area (Å²) in [6.07, 6.45) is 3.18. The second kappa shape index (κ2) is 11.8. The molecule has 44 heavy (non-hydrogen) atoms. The topological polar surface area (TPSA) is 60.7 Å². The fourth-order valence-electron chi connectivity index (χ4n) is 6.03. The largest absolute Gasteiger partial charge is 0.332 e. The summed E-state index contributed by atoms with van der Waals surface area (Å²) in [5.41, 5.74) is 10.6. The third-order valence-electron chi connectivity index (χ3n) is 7.93. The number of nitrogens with zero attached hydrogens (tertiary/aromatic N) is 2. The third-order valence-corrected chi connectivity index (χ3v) is 7.93. The number of rotatable bonds is 7. The van der Waals surface area contributed by atoms with E-state index in [9.17, 15) is 9.59 Å². The summed E-state index contributed by atoms with van der Waals surface area (Å²) in [4.78, 5) is 30.8. The molecule has 0 N–H and O–H groups in total. The van der Waals surface area contributed by atoms with Crippen molar-refractivity contribution in [2.45, 2.75) is 34.6 Å². The van der Waals surface area contributed by atoms with Crippen molar-refractivity contribution in [1.29, 1.82) is 0 Å². The zero-order valence-electron chi connectivity index (χ0n) is 25.4. The van der Waals surface area contributed by atoms with Gasteiger partial charge in [-0.3, -0.25) is 4.79 Å². The highest BCUT2D eigenvalue weighted by molar-refractivity contribution is 6.19. The fourth-order valence-corrected chi connectivity index (χ4v) is 6.03. The Morgan fingerprint density at radius 3 is 1.89 bits per heavy atom. The first kappa shape index (κ1) is 28.8. The zero-order valence-corrected chi connectivity index (χ0v) is 25.4. The standard InChI is InChI=1S/C39H32N2O3/c1-6-28-12-16-32(17-13-28)41-35-18-14-30(38(40-44-27(5)42)29-10-8-7-9-11-29)22-33(35)34-23-31(15-19-36(34)41)39(43)37-25(3)20-24(2)21-26(37)4/h7-23H,1-5H3. The van der Waals surface area contributed by atoms with Crippen LogP contribution in [0.4, 0.5) is 0 Å². The van der Waals surface area contributed by atoms with E-state index in [0.717, 1.165) is 66.4 Å². The predicted molar refractivity (Wildman–Crippen MR) is 177 cm³/mol. The lowest BCUT2D eigenvalue weighted by molar-refractivity contribution is -0.140. The summed E-state index contributed by atoms with van der Waals surface area (Å²) in [5.74, 6) is -0.496. The zero-order chi connectivity index (χ0) is 31.0. The molecule has 5 nitrogen and oxygen atoms in total. The number of hydrogen-bond donors (Lipinski definition) is 0. The van der Waals surface area contributed by atoms with E-state index in [1.807, 2.05) is 94.4 Å². The van der Waals surface area contributed by atoms with Gasteiger partial charge in [-0.25, -0.2) is 4.79 Å². The van der Waals surface area contributed by atoms with Crippen LogP contribution in [-0.4, -0.2) is 22.0 Å². The highest BCUT2D eigenvalue weighted by Gasteiger charge is 2.20. The number of carbonyl (C=O) groups is 2. The first-order valence-corrected chi connectivity index (χ1v) is 14.6. The number of benzene rings is 5. The molecule has 5 aromatic carbocycles. The number of fused-ring (bicyclic) bond motifs is 3. The van der Waals surface area contributed by atoms with Gasteiger partial charge in [0, 0.05) is 52.1 Å². The van der Waals surface area contributed by atoms with E-state index in [1.54, 1.807) is 0 Å². The molecular weight excluding hydrogens is 544 g/mol. The Bertz CT molecular complexity index is 2060. The van der Waals surface area contributed by atoms with Gasteiger partial charge >= 0.3 is 5.97 Å². The van der Waals surface area contributed by atoms with Crippen LogP contribution >= 0.6 is 0 Å². The van der Waals surface area contributed by atoms with Crippen LogP contribution in [0.15, 0.2) is 108 Å². The molecule has 1 aromatic heterocycles. The molecule has 0 bridgehead atoms. The van der Waals surface area contributed by atoms with Crippen LogP contribution in [0.3, 0.4) is 0 Å². The first-order valence-electron chi connectivity index (χ1n) is 14.6. The summed E-state index contributed by atoms with van der Waals surface area (Å²) in [6, 6.07) is 34.0. The maximum atomic E-state index is 14.0. The average Bonchev–Trinajstić information content (AvgIpc) is 3.34. The van der Waals surface area contributed by atoms with Crippen molar-refractivity contribution in [3.8, 4) is 5.69 Å². The minimum atomic E-state index is -0.494. The van der Waals surface area contributed by atoms with Gasteiger partial charge in [0.2, 0.25) is 0 Å². The fraction of sp³-hybridized carbons (Fsp3) is 0.128. The minimum Gasteiger partial charge on any atom is -0.318 e. The van der Waals surface area contributed by atoms with E-state index in [-0.39, 0.29) is 5.78 Å². The Hall–Kier alpha value is -5.29. The molecule has 5 heteroatoms. The van der Waals surface area contributed by atoms with Crippen LogP contribution in [0.1, 0.15) is 63.1 Å². The highest BCUT2D eigenvalue weighted by Crippen LogP contribution is 2.35. The van der Waals surface area contributed by atoms with E-state index >= 15 is 0 Å². The summed E-state index contributed by atoms with van der Waals surface area (Å²) in [5, 5.41) is 6.14. The molecule has 0 saturated heterocycles. The molecule has 1 heterocycles. The summed E-state index contributed by atoms with van der Waals surface area (Å²) in [6.45, 7) is 9.26. The van der Waals surface area contributed by atoms with Crippen LogP contribution < -0.4 is 0 Å². The van der Waals surface area contributed by atoms with Gasteiger partial charge in [-0.05, 0) is 79.9 Å². The molecule has 6 aromatic rings. The van der Waals surface area contributed by atoms with Gasteiger partial charge in [-0.1, -0.05) is 78.3 Å². The molecule has 0 spiro atoms. The summed E-state index contributed by atoms with van der Waals surface area (Å²) in [7, 11) is 0. The minimum absolute atomic E-state index is 0.00118. The van der Waals surface area contributed by atoms with Gasteiger partial charge in [-0.15, -0.1) is 0 Å². The van der Waals surface area contributed by atoms with Gasteiger partial charge in [0.25, 0.3) is 0 Å². The van der Waals surface area contributed by atoms with Gasteiger partial charge < -0.3 is 9.40 Å². The van der Waals surface area contributed by atoms with Crippen LogP contribution in [0.2, 0.25) is 0 Å². The van der Waals surface area contributed by atoms with Gasteiger partial charge in [0.1, 0.15) is 5.71 Å². The molecule has 6 rings (SSSR count). The molecule has 216 valence electrons. The van der Waals surface area contributed by atoms with E-state index in [0.29, 0.717) is 11.3 Å². The van der Waals surface area contributed by atoms with Crippen molar-refractivity contribution in [2.75, 3.05) is 0 Å². The lowest BCUT2D eigenvalue weighted by Crippen LogP contribution is -2.07. The maximum absolute atomic E-state index is 14.0. The van der Waals surface area contributed by atoms with Crippen LogP contribution in [0, 0.1) is 27.2 Å². The first-order chi connectivity index (χ1) is 21.2. The van der Waals surface area contributed by atoms with Crippen molar-refractivity contribution in [1.82, 2.24) is 4.57 Å². The van der Waals surface area contributed by atoms with E-state index in [1.165, 1.54) is 6.92 Å². The van der Waals surface area contributed by atoms with Gasteiger partial charge in [-0.2, -0.15) is 0 Å². The number of aromatic nitrogens is 1. The molecular formula is C39H32N2O3. The normalized spacial score (nSPS) is 11.7. The van der Waals surface area contributed by atoms with Crippen molar-refractivity contribution >= 4 is 39.3 Å². The number of ketones is 1. The van der Waals surface area contributed by atoms with Crippen molar-refractivity contribution in [2.24, 2.45) is 5.16 Å². The second-order valence-electron chi connectivity index (χ2n) is 11.1. The van der Waals surface area contributed by atoms with Crippen molar-refractivity contribution < 1.29 is 14.4 Å². The van der Waals surface area contributed by atoms with E-state index < -0.39 is 5.97 Å². The van der Waals surface area contributed by atoms with Gasteiger partial charge in [0.05, 0.1) is 11.0 Å². The Kier molecular flexibility index (Phi) is 7.71. The van der Waals surface area contributed by atoms with Crippen molar-refractivity contribution in [3.05, 3.63) is 154 Å². The number of hydrogen-bond acceptors (Lipinski definition) is 4. The molecule has 0 saturated carbocycles. The molecule has 0 fully saturated rings. The Labute approximate surface area is 257 Å². The average molecular weight is 577 g/mol. The molecule has 0 aliphatic heterocycles. The number of oxime groups is 1. The van der Waals surface area contributed by atoms with Crippen LogP contribution in [0.5, 0.6) is 0 Å². The Morgan fingerprint density at radius 2 is 1.30 bits per heavy atom. The Morgan fingerprint density at radius 1 is 0.705 bits per heavy atom. The molecule has 0 atom stereocenters. The van der Waals surface area contributed by atoms with E-state index in [4.69, 9.17) is 4.84 Å². The SMILES string of the molecule is C[C]c1ccc(-n2c3ccc(C(=O)c4c(C)cc(C)cc4C)cc3c3cc(C(=NOC(C)=O)c4ccccc4)ccc32)cc1. The van der Waals surface area contributed by atoms with Crippen LogP contribution in [0.25, 0.3) is 27.5 Å². The lowest BCUT2D eigenvalue weighted by atomic mass is 9.92. The summed E-state index contributed by atoms with van der Waals surface area (Å²) < 4.78 is 2.20. The number of aryl methyl sites for hydroxylation is 3. The van der Waals surface area contributed by atoms with Gasteiger partial charge in [0.15, 0.2) is 5.78 Å². The second-order valence-corrected chi connectivity index (χ2v) is 11.1. The monoisotopic (exact) mass is 576 g/mol. The molecule has 0 aliphatic rings. The maximum Gasteiger partial charge on any atom is 0.332 e. The quantitative estimate of drug-likeness (QED) is 0.0827. The lowest BCUT2D eigenvalue weighted by Gasteiger charge is -2.11. The summed E-state index contributed by atoms with van der Waals surface area (Å²) >= 11 is 0. The molecule has 2 radical (unpaired) electrons. The molecule has 0 aliphatic carbocycles. The van der Waals surface area contributed by atoms with Crippen molar-refractivity contribution in [3.63, 3.8) is 0 Å². The van der Waals surface area contributed by atoms with E-state index in [2.05, 4.69) is 52.5 Å².